The molecular weight excluding hydrogens is 286 g/mol. The Morgan fingerprint density at radius 1 is 1.24 bits per heavy atom. The van der Waals surface area contributed by atoms with Crippen molar-refractivity contribution in [2.45, 2.75) is 20.3 Å². The number of hydrogen-bond acceptors (Lipinski definition) is 3. The lowest BCUT2D eigenvalue weighted by Gasteiger charge is -2.26. The fraction of sp³-hybridized carbons (Fsp3) is 0.529. The van der Waals surface area contributed by atoms with Crippen LogP contribution >= 0.6 is 12.4 Å². The number of nitrogens with zero attached hydrogens (tertiary/aromatic N) is 1. The Bertz CT molecular complexity index is 433. The average molecular weight is 312 g/mol. The predicted octanol–water partition coefficient (Wildman–Crippen LogP) is 3.16. The van der Waals surface area contributed by atoms with Crippen LogP contribution in [-0.4, -0.2) is 44.4 Å². The van der Waals surface area contributed by atoms with Crippen LogP contribution < -0.4 is 4.74 Å². The van der Waals surface area contributed by atoms with Gasteiger partial charge in [-0.3, -0.25) is 4.90 Å². The van der Waals surface area contributed by atoms with E-state index < -0.39 is 0 Å². The smallest absolute Gasteiger partial charge is 0.125 e. The molecule has 0 aliphatic carbocycles. The molecule has 3 nitrogen and oxygen atoms in total. The van der Waals surface area contributed by atoms with E-state index in [1.807, 2.05) is 6.08 Å². The molecule has 0 bridgehead atoms. The zero-order chi connectivity index (χ0) is 14.4. The SMILES string of the molecule is C=CCc1cc(C)c(OCCN2CCOCC2)c(C)c1.Cl. The van der Waals surface area contributed by atoms with Gasteiger partial charge in [0, 0.05) is 19.6 Å². The highest BCUT2D eigenvalue weighted by Crippen LogP contribution is 2.25. The first kappa shape index (κ1) is 18.0. The second kappa shape index (κ2) is 9.08. The second-order valence-electron chi connectivity index (χ2n) is 5.35. The first-order valence-electron chi connectivity index (χ1n) is 7.34. The van der Waals surface area contributed by atoms with Gasteiger partial charge in [0.2, 0.25) is 0 Å². The van der Waals surface area contributed by atoms with Crippen molar-refractivity contribution in [1.29, 1.82) is 0 Å². The van der Waals surface area contributed by atoms with Crippen LogP contribution in [0.25, 0.3) is 0 Å². The first-order chi connectivity index (χ1) is 9.70. The van der Waals surface area contributed by atoms with Crippen molar-refractivity contribution in [3.05, 3.63) is 41.5 Å². The largest absolute Gasteiger partial charge is 0.492 e. The summed E-state index contributed by atoms with van der Waals surface area (Å²) >= 11 is 0. The van der Waals surface area contributed by atoms with Gasteiger partial charge in [-0.2, -0.15) is 0 Å². The minimum Gasteiger partial charge on any atom is -0.492 e. The highest BCUT2D eigenvalue weighted by atomic mass is 35.5. The summed E-state index contributed by atoms with van der Waals surface area (Å²) in [5, 5.41) is 0. The van der Waals surface area contributed by atoms with Gasteiger partial charge in [0.25, 0.3) is 0 Å². The van der Waals surface area contributed by atoms with Gasteiger partial charge in [-0.1, -0.05) is 18.2 Å². The Hall–Kier alpha value is -1.03. The Balaban J connectivity index is 0.00000220. The van der Waals surface area contributed by atoms with Gasteiger partial charge in [0.05, 0.1) is 13.2 Å². The molecule has 0 radical (unpaired) electrons. The molecule has 1 aliphatic heterocycles. The third-order valence-electron chi connectivity index (χ3n) is 3.66. The minimum absolute atomic E-state index is 0. The summed E-state index contributed by atoms with van der Waals surface area (Å²) in [6, 6.07) is 4.39. The Kier molecular flexibility index (Phi) is 7.79. The lowest BCUT2D eigenvalue weighted by Crippen LogP contribution is -2.38. The molecular formula is C17H26ClNO2. The maximum absolute atomic E-state index is 6.00. The van der Waals surface area contributed by atoms with E-state index in [0.29, 0.717) is 0 Å². The summed E-state index contributed by atoms with van der Waals surface area (Å²) in [4.78, 5) is 2.39. The van der Waals surface area contributed by atoms with Crippen molar-refractivity contribution < 1.29 is 9.47 Å². The lowest BCUT2D eigenvalue weighted by atomic mass is 10.0. The van der Waals surface area contributed by atoms with Crippen LogP contribution in [0.15, 0.2) is 24.8 Å². The average Bonchev–Trinajstić information content (AvgIpc) is 2.43. The summed E-state index contributed by atoms with van der Waals surface area (Å²) in [5.74, 6) is 1.03. The monoisotopic (exact) mass is 311 g/mol. The predicted molar refractivity (Wildman–Crippen MR) is 89.8 cm³/mol. The molecule has 118 valence electrons. The van der Waals surface area contributed by atoms with Crippen LogP contribution in [0, 0.1) is 13.8 Å². The number of morpholine rings is 1. The van der Waals surface area contributed by atoms with Crippen LogP contribution in [0.1, 0.15) is 16.7 Å². The fourth-order valence-corrected chi connectivity index (χ4v) is 2.65. The van der Waals surface area contributed by atoms with Gasteiger partial charge in [-0.15, -0.1) is 19.0 Å². The molecule has 1 aromatic rings. The van der Waals surface area contributed by atoms with Crippen LogP contribution in [0.4, 0.5) is 0 Å². The van der Waals surface area contributed by atoms with Crippen LogP contribution in [-0.2, 0) is 11.2 Å². The quantitative estimate of drug-likeness (QED) is 0.753. The van der Waals surface area contributed by atoms with Gasteiger partial charge in [-0.05, 0) is 37.0 Å². The maximum atomic E-state index is 6.00. The Morgan fingerprint density at radius 2 is 1.86 bits per heavy atom. The number of halogens is 1. The minimum atomic E-state index is 0. The Labute approximate surface area is 134 Å². The topological polar surface area (TPSA) is 21.7 Å². The third kappa shape index (κ3) is 5.34. The zero-order valence-electron chi connectivity index (χ0n) is 13.1. The molecule has 1 aliphatic rings. The van der Waals surface area contributed by atoms with Gasteiger partial charge in [-0.25, -0.2) is 0 Å². The second-order valence-corrected chi connectivity index (χ2v) is 5.35. The highest BCUT2D eigenvalue weighted by Gasteiger charge is 2.11. The summed E-state index contributed by atoms with van der Waals surface area (Å²) in [6.45, 7) is 13.4. The molecule has 1 aromatic carbocycles. The number of benzene rings is 1. The van der Waals surface area contributed by atoms with Crippen LogP contribution in [0.5, 0.6) is 5.75 Å². The number of hydrogen-bond donors (Lipinski definition) is 0. The third-order valence-corrected chi connectivity index (χ3v) is 3.66. The number of allylic oxidation sites excluding steroid dienone is 1. The van der Waals surface area contributed by atoms with E-state index in [4.69, 9.17) is 9.47 Å². The molecule has 1 saturated heterocycles. The number of aryl methyl sites for hydroxylation is 2. The molecule has 0 aromatic heterocycles. The van der Waals surface area contributed by atoms with Gasteiger partial charge in [0.15, 0.2) is 0 Å². The molecule has 1 heterocycles. The summed E-state index contributed by atoms with van der Waals surface area (Å²) in [6.07, 6.45) is 2.85. The van der Waals surface area contributed by atoms with E-state index in [0.717, 1.165) is 51.6 Å². The van der Waals surface area contributed by atoms with E-state index in [1.165, 1.54) is 16.7 Å². The maximum Gasteiger partial charge on any atom is 0.125 e. The molecule has 0 saturated carbocycles. The molecule has 0 atom stereocenters. The van der Waals surface area contributed by atoms with Crippen molar-refractivity contribution in [1.82, 2.24) is 4.90 Å². The van der Waals surface area contributed by atoms with Crippen LogP contribution in [0.2, 0.25) is 0 Å². The fourth-order valence-electron chi connectivity index (χ4n) is 2.65. The van der Waals surface area contributed by atoms with E-state index in [-0.39, 0.29) is 12.4 Å². The summed E-state index contributed by atoms with van der Waals surface area (Å²) in [7, 11) is 0. The van der Waals surface area contributed by atoms with E-state index in [9.17, 15) is 0 Å². The highest BCUT2D eigenvalue weighted by molar-refractivity contribution is 5.85. The summed E-state index contributed by atoms with van der Waals surface area (Å²) < 4.78 is 11.3. The van der Waals surface area contributed by atoms with Crippen molar-refractivity contribution in [2.75, 3.05) is 39.5 Å². The van der Waals surface area contributed by atoms with E-state index in [2.05, 4.69) is 37.5 Å². The molecule has 0 amide bonds. The molecule has 2 rings (SSSR count). The normalized spacial score (nSPS) is 15.3. The van der Waals surface area contributed by atoms with Gasteiger partial charge < -0.3 is 9.47 Å². The molecule has 0 unspecified atom stereocenters. The summed E-state index contributed by atoms with van der Waals surface area (Å²) in [5.41, 5.74) is 3.73. The van der Waals surface area contributed by atoms with Crippen molar-refractivity contribution in [3.8, 4) is 5.75 Å². The number of ether oxygens (including phenoxy) is 2. The van der Waals surface area contributed by atoms with Crippen molar-refractivity contribution in [2.24, 2.45) is 0 Å². The molecule has 4 heteroatoms. The lowest BCUT2D eigenvalue weighted by molar-refractivity contribution is 0.0322. The van der Waals surface area contributed by atoms with Gasteiger partial charge in [0.1, 0.15) is 12.4 Å². The standard InChI is InChI=1S/C17H25NO2.ClH/c1-4-5-16-12-14(2)17(15(3)13-16)20-11-8-18-6-9-19-10-7-18;/h4,12-13H,1,5-11H2,2-3H3;1H. The van der Waals surface area contributed by atoms with Crippen molar-refractivity contribution >= 4 is 12.4 Å². The molecule has 0 spiro atoms. The Morgan fingerprint density at radius 3 is 2.43 bits per heavy atom. The van der Waals surface area contributed by atoms with E-state index in [1.54, 1.807) is 0 Å². The van der Waals surface area contributed by atoms with Crippen molar-refractivity contribution in [3.63, 3.8) is 0 Å². The first-order valence-corrected chi connectivity index (χ1v) is 7.34. The van der Waals surface area contributed by atoms with Gasteiger partial charge >= 0.3 is 0 Å². The van der Waals surface area contributed by atoms with Crippen LogP contribution in [0.3, 0.4) is 0 Å². The molecule has 0 N–H and O–H groups in total. The number of rotatable bonds is 6. The molecule has 21 heavy (non-hydrogen) atoms. The molecule has 1 fully saturated rings. The van der Waals surface area contributed by atoms with E-state index >= 15 is 0 Å². The zero-order valence-corrected chi connectivity index (χ0v) is 13.9.